The van der Waals surface area contributed by atoms with E-state index in [0.29, 0.717) is 33.7 Å². The van der Waals surface area contributed by atoms with Gasteiger partial charge in [-0.2, -0.15) is 0 Å². The van der Waals surface area contributed by atoms with Crippen molar-refractivity contribution in [3.63, 3.8) is 0 Å². The maximum Gasteiger partial charge on any atom is 0.262 e. The van der Waals surface area contributed by atoms with Crippen molar-refractivity contribution in [3.8, 4) is 23.0 Å². The first-order valence-corrected chi connectivity index (χ1v) is 7.44. The number of anilines is 1. The minimum atomic E-state index is -0.343. The molecule has 0 fully saturated rings. The summed E-state index contributed by atoms with van der Waals surface area (Å²) in [4.78, 5) is 12.1. The Bertz CT molecular complexity index is 695. The van der Waals surface area contributed by atoms with Crippen LogP contribution in [0.4, 0.5) is 5.69 Å². The standard InChI is InChI=1S/C17H18ClNO5/c1-21-14-8-11(9-15(22-2)17(14)23-3)19-16(20)10-24-13-7-5-4-6-12(13)18/h4-9H,10H2,1-3H3,(H,19,20). The third kappa shape index (κ3) is 4.23. The van der Waals surface area contributed by atoms with Gasteiger partial charge in [-0.25, -0.2) is 0 Å². The number of nitrogens with one attached hydrogen (secondary N) is 1. The lowest BCUT2D eigenvalue weighted by atomic mass is 10.2. The summed E-state index contributed by atoms with van der Waals surface area (Å²) in [5.41, 5.74) is 0.497. The minimum absolute atomic E-state index is 0.180. The maximum absolute atomic E-state index is 12.1. The first kappa shape index (κ1) is 17.7. The zero-order chi connectivity index (χ0) is 17.5. The molecule has 24 heavy (non-hydrogen) atoms. The van der Waals surface area contributed by atoms with Gasteiger partial charge < -0.3 is 24.3 Å². The van der Waals surface area contributed by atoms with Crippen LogP contribution in [-0.4, -0.2) is 33.8 Å². The Hall–Kier alpha value is -2.60. The van der Waals surface area contributed by atoms with Crippen molar-refractivity contribution < 1.29 is 23.7 Å². The van der Waals surface area contributed by atoms with Crippen LogP contribution in [0.2, 0.25) is 5.02 Å². The van der Waals surface area contributed by atoms with E-state index in [1.165, 1.54) is 21.3 Å². The van der Waals surface area contributed by atoms with Crippen LogP contribution in [0.25, 0.3) is 0 Å². The molecule has 1 N–H and O–H groups in total. The van der Waals surface area contributed by atoms with Crippen molar-refractivity contribution in [1.82, 2.24) is 0 Å². The van der Waals surface area contributed by atoms with Crippen LogP contribution in [0.5, 0.6) is 23.0 Å². The molecule has 0 saturated carbocycles. The van der Waals surface area contributed by atoms with Gasteiger partial charge in [-0.3, -0.25) is 4.79 Å². The number of methoxy groups -OCH3 is 3. The van der Waals surface area contributed by atoms with E-state index in [1.54, 1.807) is 36.4 Å². The van der Waals surface area contributed by atoms with Crippen molar-refractivity contribution >= 4 is 23.2 Å². The highest BCUT2D eigenvalue weighted by molar-refractivity contribution is 6.32. The molecule has 128 valence electrons. The molecule has 0 saturated heterocycles. The monoisotopic (exact) mass is 351 g/mol. The second-order valence-corrected chi connectivity index (χ2v) is 5.09. The van der Waals surface area contributed by atoms with Crippen molar-refractivity contribution in [2.24, 2.45) is 0 Å². The van der Waals surface area contributed by atoms with Crippen LogP contribution in [0, 0.1) is 0 Å². The van der Waals surface area contributed by atoms with Gasteiger partial charge in [0.25, 0.3) is 5.91 Å². The van der Waals surface area contributed by atoms with E-state index in [4.69, 9.17) is 30.5 Å². The molecule has 0 aliphatic rings. The summed E-state index contributed by atoms with van der Waals surface area (Å²) >= 11 is 5.98. The van der Waals surface area contributed by atoms with E-state index in [-0.39, 0.29) is 12.5 Å². The predicted octanol–water partition coefficient (Wildman–Crippen LogP) is 3.38. The van der Waals surface area contributed by atoms with E-state index >= 15 is 0 Å². The lowest BCUT2D eigenvalue weighted by molar-refractivity contribution is -0.118. The number of carbonyl (C=O) groups excluding carboxylic acids is 1. The fraction of sp³-hybridized carbons (Fsp3) is 0.235. The molecule has 0 spiro atoms. The number of halogens is 1. The molecule has 0 aliphatic heterocycles. The molecule has 2 aromatic rings. The largest absolute Gasteiger partial charge is 0.493 e. The van der Waals surface area contributed by atoms with Crippen LogP contribution < -0.4 is 24.3 Å². The summed E-state index contributed by atoms with van der Waals surface area (Å²) in [5.74, 6) is 1.44. The molecule has 0 aliphatic carbocycles. The van der Waals surface area contributed by atoms with E-state index in [2.05, 4.69) is 5.32 Å². The normalized spacial score (nSPS) is 10.0. The minimum Gasteiger partial charge on any atom is -0.493 e. The van der Waals surface area contributed by atoms with Gasteiger partial charge in [-0.1, -0.05) is 23.7 Å². The van der Waals surface area contributed by atoms with Gasteiger partial charge in [-0.15, -0.1) is 0 Å². The van der Waals surface area contributed by atoms with E-state index in [0.717, 1.165) is 0 Å². The Morgan fingerprint density at radius 2 is 1.62 bits per heavy atom. The van der Waals surface area contributed by atoms with Crippen molar-refractivity contribution in [2.45, 2.75) is 0 Å². The van der Waals surface area contributed by atoms with E-state index < -0.39 is 0 Å². The average molecular weight is 352 g/mol. The van der Waals surface area contributed by atoms with Crippen LogP contribution in [-0.2, 0) is 4.79 Å². The Kier molecular flexibility index (Phi) is 6.14. The molecular formula is C17H18ClNO5. The van der Waals surface area contributed by atoms with Crippen LogP contribution in [0.1, 0.15) is 0 Å². The summed E-state index contributed by atoms with van der Waals surface area (Å²) in [6.07, 6.45) is 0. The Morgan fingerprint density at radius 1 is 1.00 bits per heavy atom. The first-order valence-electron chi connectivity index (χ1n) is 7.06. The molecule has 1 amide bonds. The SMILES string of the molecule is COc1cc(NC(=O)COc2ccccc2Cl)cc(OC)c1OC. The third-order valence-corrected chi connectivity index (χ3v) is 3.46. The maximum atomic E-state index is 12.1. The molecule has 0 heterocycles. The average Bonchev–Trinajstić information content (AvgIpc) is 2.60. The van der Waals surface area contributed by atoms with Crippen LogP contribution in [0.3, 0.4) is 0 Å². The molecule has 2 rings (SSSR count). The van der Waals surface area contributed by atoms with Gasteiger partial charge in [0.05, 0.1) is 26.4 Å². The highest BCUT2D eigenvalue weighted by Gasteiger charge is 2.14. The topological polar surface area (TPSA) is 66.0 Å². The Balaban J connectivity index is 2.07. The van der Waals surface area contributed by atoms with Crippen molar-refractivity contribution in [1.29, 1.82) is 0 Å². The second kappa shape index (κ2) is 8.31. The third-order valence-electron chi connectivity index (χ3n) is 3.14. The molecule has 7 heteroatoms. The zero-order valence-corrected chi connectivity index (χ0v) is 14.3. The Labute approximate surface area is 145 Å². The van der Waals surface area contributed by atoms with Gasteiger partial charge in [0, 0.05) is 17.8 Å². The quantitative estimate of drug-likeness (QED) is 0.828. The lowest BCUT2D eigenvalue weighted by Crippen LogP contribution is -2.20. The molecular weight excluding hydrogens is 334 g/mol. The molecule has 0 atom stereocenters. The summed E-state index contributed by atoms with van der Waals surface area (Å²) in [7, 11) is 4.52. The number of benzene rings is 2. The summed E-state index contributed by atoms with van der Waals surface area (Å²) in [6, 6.07) is 10.2. The highest BCUT2D eigenvalue weighted by atomic mass is 35.5. The zero-order valence-electron chi connectivity index (χ0n) is 13.6. The van der Waals surface area contributed by atoms with Crippen LogP contribution >= 0.6 is 11.6 Å². The highest BCUT2D eigenvalue weighted by Crippen LogP contribution is 2.39. The molecule has 0 bridgehead atoms. The fourth-order valence-electron chi connectivity index (χ4n) is 2.06. The predicted molar refractivity (Wildman–Crippen MR) is 91.7 cm³/mol. The molecule has 0 radical (unpaired) electrons. The van der Waals surface area contributed by atoms with Crippen LogP contribution in [0.15, 0.2) is 36.4 Å². The number of ether oxygens (including phenoxy) is 4. The van der Waals surface area contributed by atoms with E-state index in [1.807, 2.05) is 0 Å². The summed E-state index contributed by atoms with van der Waals surface area (Å²) in [5, 5.41) is 3.15. The lowest BCUT2D eigenvalue weighted by Gasteiger charge is -2.15. The van der Waals surface area contributed by atoms with Gasteiger partial charge in [0.15, 0.2) is 18.1 Å². The summed E-state index contributed by atoms with van der Waals surface area (Å²) in [6.45, 7) is -0.180. The number of carbonyl (C=O) groups is 1. The smallest absolute Gasteiger partial charge is 0.262 e. The molecule has 0 aromatic heterocycles. The van der Waals surface area contributed by atoms with Gasteiger partial charge in [0.1, 0.15) is 5.75 Å². The van der Waals surface area contributed by atoms with Gasteiger partial charge >= 0.3 is 0 Å². The summed E-state index contributed by atoms with van der Waals surface area (Å²) < 4.78 is 21.1. The first-order chi connectivity index (χ1) is 11.6. The second-order valence-electron chi connectivity index (χ2n) is 4.68. The number of rotatable bonds is 7. The molecule has 6 nitrogen and oxygen atoms in total. The Morgan fingerprint density at radius 3 is 2.17 bits per heavy atom. The van der Waals surface area contributed by atoms with E-state index in [9.17, 15) is 4.79 Å². The fourth-order valence-corrected chi connectivity index (χ4v) is 2.25. The number of hydrogen-bond acceptors (Lipinski definition) is 5. The van der Waals surface area contributed by atoms with Crippen molar-refractivity contribution in [3.05, 3.63) is 41.4 Å². The number of para-hydroxylation sites is 1. The van der Waals surface area contributed by atoms with Crippen molar-refractivity contribution in [2.75, 3.05) is 33.3 Å². The number of amides is 1. The van der Waals surface area contributed by atoms with Gasteiger partial charge in [-0.05, 0) is 12.1 Å². The van der Waals surface area contributed by atoms with Gasteiger partial charge in [0.2, 0.25) is 5.75 Å². The molecule has 0 unspecified atom stereocenters. The molecule has 2 aromatic carbocycles. The number of hydrogen-bond donors (Lipinski definition) is 1.